The summed E-state index contributed by atoms with van der Waals surface area (Å²) in [6, 6.07) is 6.75. The Morgan fingerprint density at radius 2 is 2.09 bits per heavy atom. The van der Waals surface area contributed by atoms with E-state index in [0.29, 0.717) is 16.1 Å². The first-order chi connectivity index (χ1) is 10.4. The number of hydrogen-bond acceptors (Lipinski definition) is 5. The number of fused-ring (bicyclic) bond motifs is 1. The molecule has 3 aromatic rings. The molecule has 0 aliphatic rings. The van der Waals surface area contributed by atoms with Gasteiger partial charge in [0.1, 0.15) is 11.1 Å². The molecule has 0 aliphatic heterocycles. The van der Waals surface area contributed by atoms with Crippen molar-refractivity contribution in [1.29, 1.82) is 0 Å². The Kier molecular flexibility index (Phi) is 3.84. The number of aryl methyl sites for hydroxylation is 2. The SMILES string of the molecule is Cc1nc(NC(=O)c2cc3cc(Br)ccc3oc2=O)sc1C. The Morgan fingerprint density at radius 1 is 1.32 bits per heavy atom. The number of nitrogens with one attached hydrogen (secondary N) is 1. The molecule has 2 heterocycles. The predicted molar refractivity (Wildman–Crippen MR) is 89.7 cm³/mol. The first kappa shape index (κ1) is 14.9. The number of rotatable bonds is 2. The number of amides is 1. The molecular weight excluding hydrogens is 368 g/mol. The molecule has 3 rings (SSSR count). The summed E-state index contributed by atoms with van der Waals surface area (Å²) in [5.41, 5.74) is 0.578. The van der Waals surface area contributed by atoms with Gasteiger partial charge in [-0.25, -0.2) is 9.78 Å². The molecule has 0 spiro atoms. The lowest BCUT2D eigenvalue weighted by Gasteiger charge is -2.02. The van der Waals surface area contributed by atoms with Gasteiger partial charge in [0.05, 0.1) is 5.69 Å². The third-order valence-electron chi connectivity index (χ3n) is 3.19. The smallest absolute Gasteiger partial charge is 0.349 e. The molecule has 2 aromatic heterocycles. The fraction of sp³-hybridized carbons (Fsp3) is 0.133. The molecule has 0 saturated carbocycles. The van der Waals surface area contributed by atoms with Crippen molar-refractivity contribution in [2.75, 3.05) is 5.32 Å². The highest BCUT2D eigenvalue weighted by molar-refractivity contribution is 9.10. The van der Waals surface area contributed by atoms with E-state index in [9.17, 15) is 9.59 Å². The van der Waals surface area contributed by atoms with E-state index in [2.05, 4.69) is 26.2 Å². The highest BCUT2D eigenvalue weighted by atomic mass is 79.9. The van der Waals surface area contributed by atoms with Crippen LogP contribution >= 0.6 is 27.3 Å². The Bertz CT molecular complexity index is 926. The first-order valence-electron chi connectivity index (χ1n) is 6.43. The molecule has 1 amide bonds. The largest absolute Gasteiger partial charge is 0.422 e. The minimum atomic E-state index is -0.669. The summed E-state index contributed by atoms with van der Waals surface area (Å²) in [5, 5.41) is 3.78. The van der Waals surface area contributed by atoms with E-state index in [1.54, 1.807) is 18.2 Å². The van der Waals surface area contributed by atoms with Crippen molar-refractivity contribution < 1.29 is 9.21 Å². The van der Waals surface area contributed by atoms with Gasteiger partial charge in [0, 0.05) is 14.7 Å². The number of nitrogens with zero attached hydrogens (tertiary/aromatic N) is 1. The lowest BCUT2D eigenvalue weighted by Crippen LogP contribution is -2.20. The maximum atomic E-state index is 12.3. The maximum Gasteiger partial charge on any atom is 0.349 e. The third kappa shape index (κ3) is 2.82. The Morgan fingerprint density at radius 3 is 2.77 bits per heavy atom. The molecule has 0 unspecified atom stereocenters. The summed E-state index contributed by atoms with van der Waals surface area (Å²) in [4.78, 5) is 29.5. The number of thiazole rings is 1. The summed E-state index contributed by atoms with van der Waals surface area (Å²) < 4.78 is 6.02. The van der Waals surface area contributed by atoms with Gasteiger partial charge in [-0.15, -0.1) is 11.3 Å². The molecule has 1 N–H and O–H groups in total. The number of anilines is 1. The van der Waals surface area contributed by atoms with Gasteiger partial charge >= 0.3 is 5.63 Å². The van der Waals surface area contributed by atoms with Crippen LogP contribution in [0.5, 0.6) is 0 Å². The van der Waals surface area contributed by atoms with Crippen LogP contribution in [0.2, 0.25) is 0 Å². The second-order valence-electron chi connectivity index (χ2n) is 4.74. The highest BCUT2D eigenvalue weighted by Crippen LogP contribution is 2.22. The van der Waals surface area contributed by atoms with Crippen molar-refractivity contribution >= 4 is 49.3 Å². The molecule has 0 saturated heterocycles. The first-order valence-corrected chi connectivity index (χ1v) is 8.04. The Balaban J connectivity index is 1.99. The van der Waals surface area contributed by atoms with Crippen molar-refractivity contribution in [1.82, 2.24) is 4.98 Å². The van der Waals surface area contributed by atoms with Crippen LogP contribution in [0.25, 0.3) is 11.0 Å². The van der Waals surface area contributed by atoms with E-state index in [1.165, 1.54) is 17.4 Å². The summed E-state index contributed by atoms with van der Waals surface area (Å²) in [6.45, 7) is 3.79. The average molecular weight is 379 g/mol. The Labute approximate surface area is 138 Å². The van der Waals surface area contributed by atoms with Crippen LogP contribution in [-0.4, -0.2) is 10.9 Å². The van der Waals surface area contributed by atoms with E-state index in [0.717, 1.165) is 15.0 Å². The van der Waals surface area contributed by atoms with E-state index < -0.39 is 11.5 Å². The zero-order valence-corrected chi connectivity index (χ0v) is 14.2. The molecule has 1 aromatic carbocycles. The standard InChI is InChI=1S/C15H11BrN2O3S/c1-7-8(2)22-15(17-7)18-13(19)11-6-9-5-10(16)3-4-12(9)21-14(11)20/h3-6H,1-2H3,(H,17,18,19). The van der Waals surface area contributed by atoms with Gasteiger partial charge in [-0.2, -0.15) is 0 Å². The number of benzene rings is 1. The molecule has 0 bridgehead atoms. The molecular formula is C15H11BrN2O3S. The normalized spacial score (nSPS) is 10.9. The quantitative estimate of drug-likeness (QED) is 0.686. The minimum Gasteiger partial charge on any atom is -0.422 e. The van der Waals surface area contributed by atoms with Gasteiger partial charge in [0.25, 0.3) is 5.91 Å². The Hall–Kier alpha value is -1.99. The molecule has 7 heteroatoms. The maximum absolute atomic E-state index is 12.3. The topological polar surface area (TPSA) is 72.2 Å². The van der Waals surface area contributed by atoms with Crippen LogP contribution < -0.4 is 10.9 Å². The number of aromatic nitrogens is 1. The number of halogens is 1. The monoisotopic (exact) mass is 378 g/mol. The average Bonchev–Trinajstić information content (AvgIpc) is 2.76. The van der Waals surface area contributed by atoms with Gasteiger partial charge in [0.15, 0.2) is 5.13 Å². The minimum absolute atomic E-state index is 0.0453. The van der Waals surface area contributed by atoms with Crippen LogP contribution in [0.15, 0.2) is 37.9 Å². The zero-order chi connectivity index (χ0) is 15.9. The molecule has 0 radical (unpaired) electrons. The fourth-order valence-electron chi connectivity index (χ4n) is 1.94. The third-order valence-corrected chi connectivity index (χ3v) is 4.67. The van der Waals surface area contributed by atoms with E-state index in [-0.39, 0.29) is 5.56 Å². The van der Waals surface area contributed by atoms with Gasteiger partial charge in [0.2, 0.25) is 0 Å². The molecule has 5 nitrogen and oxygen atoms in total. The lowest BCUT2D eigenvalue weighted by atomic mass is 10.2. The van der Waals surface area contributed by atoms with E-state index in [1.807, 2.05) is 13.8 Å². The van der Waals surface area contributed by atoms with Crippen LogP contribution in [-0.2, 0) is 0 Å². The summed E-state index contributed by atoms with van der Waals surface area (Å²) in [5.74, 6) is -0.524. The van der Waals surface area contributed by atoms with Crippen molar-refractivity contribution in [2.24, 2.45) is 0 Å². The lowest BCUT2D eigenvalue weighted by molar-refractivity contribution is 0.102. The molecule has 0 fully saturated rings. The molecule has 0 aliphatic carbocycles. The van der Waals surface area contributed by atoms with Crippen molar-refractivity contribution in [3.05, 3.63) is 55.3 Å². The van der Waals surface area contributed by atoms with Gasteiger partial charge in [-0.05, 0) is 38.1 Å². The molecule has 0 atom stereocenters. The van der Waals surface area contributed by atoms with Crippen molar-refractivity contribution in [2.45, 2.75) is 13.8 Å². The van der Waals surface area contributed by atoms with Crippen molar-refractivity contribution in [3.8, 4) is 0 Å². The van der Waals surface area contributed by atoms with Crippen LogP contribution in [0.4, 0.5) is 5.13 Å². The molecule has 22 heavy (non-hydrogen) atoms. The summed E-state index contributed by atoms with van der Waals surface area (Å²) in [6.07, 6.45) is 0. The highest BCUT2D eigenvalue weighted by Gasteiger charge is 2.16. The predicted octanol–water partition coefficient (Wildman–Crippen LogP) is 3.88. The van der Waals surface area contributed by atoms with E-state index in [4.69, 9.17) is 4.42 Å². The summed E-state index contributed by atoms with van der Waals surface area (Å²) >= 11 is 4.71. The van der Waals surface area contributed by atoms with Gasteiger partial charge in [-0.3, -0.25) is 10.1 Å². The van der Waals surface area contributed by atoms with Crippen LogP contribution in [0.3, 0.4) is 0 Å². The zero-order valence-electron chi connectivity index (χ0n) is 11.8. The number of hydrogen-bond donors (Lipinski definition) is 1. The fourth-order valence-corrected chi connectivity index (χ4v) is 3.13. The van der Waals surface area contributed by atoms with Crippen LogP contribution in [0.1, 0.15) is 20.9 Å². The molecule has 112 valence electrons. The number of carbonyl (C=O) groups excluding carboxylic acids is 1. The second kappa shape index (κ2) is 5.66. The van der Waals surface area contributed by atoms with E-state index >= 15 is 0 Å². The van der Waals surface area contributed by atoms with Gasteiger partial charge in [-0.1, -0.05) is 15.9 Å². The number of carbonyl (C=O) groups is 1. The second-order valence-corrected chi connectivity index (χ2v) is 6.86. The summed E-state index contributed by atoms with van der Waals surface area (Å²) in [7, 11) is 0. The van der Waals surface area contributed by atoms with Gasteiger partial charge < -0.3 is 4.42 Å². The van der Waals surface area contributed by atoms with Crippen molar-refractivity contribution in [3.63, 3.8) is 0 Å². The van der Waals surface area contributed by atoms with Crippen LogP contribution in [0, 0.1) is 13.8 Å².